The maximum Gasteiger partial charge on any atom is 0.509 e. The summed E-state index contributed by atoms with van der Waals surface area (Å²) in [6.07, 6.45) is 4.90. The molecule has 0 unspecified atom stereocenters. The van der Waals surface area contributed by atoms with Gasteiger partial charge in [-0.1, -0.05) is 6.92 Å². The van der Waals surface area contributed by atoms with Gasteiger partial charge in [0.15, 0.2) is 0 Å². The van der Waals surface area contributed by atoms with Crippen LogP contribution in [0.1, 0.15) is 13.3 Å². The summed E-state index contributed by atoms with van der Waals surface area (Å²) in [5.41, 5.74) is 0. The van der Waals surface area contributed by atoms with Crippen LogP contribution in [0, 0.1) is 0 Å². The lowest BCUT2D eigenvalue weighted by Gasteiger charge is -1.87. The number of aromatic nitrogens is 2. The van der Waals surface area contributed by atoms with Crippen LogP contribution in [0.2, 0.25) is 0 Å². The number of hydrogen-bond donors (Lipinski definition) is 1. The molecule has 4 nitrogen and oxygen atoms in total. The predicted molar refractivity (Wildman–Crippen MR) is 38.3 cm³/mol. The summed E-state index contributed by atoms with van der Waals surface area (Å²) in [6.45, 7) is 2.91. The molecule has 0 radical (unpaired) electrons. The first-order valence-electron chi connectivity index (χ1n) is 3.54. The van der Waals surface area contributed by atoms with E-state index >= 15 is 0 Å². The van der Waals surface area contributed by atoms with Crippen molar-refractivity contribution in [1.82, 2.24) is 4.57 Å². The molecule has 0 atom stereocenters. The van der Waals surface area contributed by atoms with Crippen LogP contribution in [-0.2, 0) is 6.54 Å². The first kappa shape index (κ1) is 7.78. The Labute approximate surface area is 64.7 Å². The largest absolute Gasteiger partial charge is 0.509 e. The van der Waals surface area contributed by atoms with Crippen molar-refractivity contribution in [2.75, 3.05) is 0 Å². The fourth-order valence-electron chi connectivity index (χ4n) is 0.898. The predicted octanol–water partition coefficient (Wildman–Crippen LogP) is 0.712. The van der Waals surface area contributed by atoms with E-state index in [1.165, 1.54) is 6.20 Å². The van der Waals surface area contributed by atoms with Crippen LogP contribution in [0.3, 0.4) is 0 Å². The Morgan fingerprint density at radius 3 is 2.91 bits per heavy atom. The fraction of sp³-hybridized carbons (Fsp3) is 0.429. The lowest BCUT2D eigenvalue weighted by molar-refractivity contribution is -0.696. The molecule has 0 amide bonds. The van der Waals surface area contributed by atoms with Crippen LogP contribution in [0.5, 0.6) is 0 Å². The number of rotatable bonds is 2. The minimum absolute atomic E-state index is 0.861. The molecule has 0 aliphatic rings. The van der Waals surface area contributed by atoms with Crippen molar-refractivity contribution in [2.45, 2.75) is 19.9 Å². The summed E-state index contributed by atoms with van der Waals surface area (Å²) < 4.78 is 2.98. The highest BCUT2D eigenvalue weighted by atomic mass is 16.4. The van der Waals surface area contributed by atoms with E-state index < -0.39 is 6.09 Å². The second kappa shape index (κ2) is 3.18. The van der Waals surface area contributed by atoms with Crippen molar-refractivity contribution < 1.29 is 14.5 Å². The van der Waals surface area contributed by atoms with Crippen molar-refractivity contribution in [2.24, 2.45) is 0 Å². The Morgan fingerprint density at radius 2 is 2.45 bits per heavy atom. The molecule has 1 rings (SSSR count). The number of nitrogens with zero attached hydrogens (tertiary/aromatic N) is 2. The molecule has 4 heteroatoms. The maximum atomic E-state index is 10.4. The van der Waals surface area contributed by atoms with Gasteiger partial charge in [-0.3, -0.25) is 0 Å². The second-order valence-corrected chi connectivity index (χ2v) is 2.34. The molecule has 1 aromatic heterocycles. The molecule has 0 fully saturated rings. The molecule has 1 N–H and O–H groups in total. The lowest BCUT2D eigenvalue weighted by atomic mass is 10.5. The average Bonchev–Trinajstić information content (AvgIpc) is 2.37. The van der Waals surface area contributed by atoms with Crippen LogP contribution in [0.4, 0.5) is 4.79 Å². The third-order valence-electron chi connectivity index (χ3n) is 1.39. The highest BCUT2D eigenvalue weighted by Gasteiger charge is 2.08. The molecule has 0 spiro atoms. The molecule has 0 saturated carbocycles. The van der Waals surface area contributed by atoms with Crippen LogP contribution >= 0.6 is 0 Å². The van der Waals surface area contributed by atoms with E-state index in [0.717, 1.165) is 17.5 Å². The number of carbonyl (C=O) groups is 1. The number of hydrogen-bond acceptors (Lipinski definition) is 1. The first-order valence-corrected chi connectivity index (χ1v) is 3.54. The monoisotopic (exact) mass is 155 g/mol. The van der Waals surface area contributed by atoms with Crippen LogP contribution in [0.15, 0.2) is 18.7 Å². The molecular formula is C7H11N2O2+. The van der Waals surface area contributed by atoms with Gasteiger partial charge < -0.3 is 5.11 Å². The van der Waals surface area contributed by atoms with Gasteiger partial charge in [-0.15, -0.1) is 4.57 Å². The van der Waals surface area contributed by atoms with Crippen LogP contribution < -0.4 is 4.57 Å². The van der Waals surface area contributed by atoms with Gasteiger partial charge in [0.25, 0.3) is 6.33 Å². The molecule has 1 heterocycles. The molecular weight excluding hydrogens is 144 g/mol. The highest BCUT2D eigenvalue weighted by molar-refractivity contribution is 5.67. The third-order valence-corrected chi connectivity index (χ3v) is 1.39. The maximum absolute atomic E-state index is 10.4. The summed E-state index contributed by atoms with van der Waals surface area (Å²) in [4.78, 5) is 10.4. The van der Waals surface area contributed by atoms with Crippen molar-refractivity contribution in [3.63, 3.8) is 0 Å². The number of imidazole rings is 1. The Hall–Kier alpha value is -1.32. The van der Waals surface area contributed by atoms with Gasteiger partial charge in [-0.25, -0.2) is 4.57 Å². The Kier molecular flexibility index (Phi) is 2.25. The molecule has 1 aromatic rings. The smallest absolute Gasteiger partial charge is 0.446 e. The molecule has 60 valence electrons. The SMILES string of the molecule is CCC[n+]1ccn(C(=O)O)c1. The van der Waals surface area contributed by atoms with E-state index in [0.29, 0.717) is 0 Å². The summed E-state index contributed by atoms with van der Waals surface area (Å²) in [5, 5.41) is 8.52. The standard InChI is InChI=1S/C7H10N2O2/c1-2-3-8-4-5-9(6-8)7(10)11/h4-6H,2-3H2,1H3/p+1. The average molecular weight is 155 g/mol. The van der Waals surface area contributed by atoms with Gasteiger partial charge in [0.05, 0.1) is 6.54 Å². The minimum Gasteiger partial charge on any atom is -0.446 e. The fourth-order valence-corrected chi connectivity index (χ4v) is 0.898. The van der Waals surface area contributed by atoms with Gasteiger partial charge in [-0.05, 0) is 6.42 Å². The van der Waals surface area contributed by atoms with Gasteiger partial charge in [0.1, 0.15) is 12.4 Å². The Morgan fingerprint density at radius 1 is 1.73 bits per heavy atom. The first-order chi connectivity index (χ1) is 5.24. The molecule has 0 saturated heterocycles. The van der Waals surface area contributed by atoms with Gasteiger partial charge in [0.2, 0.25) is 0 Å². The van der Waals surface area contributed by atoms with E-state index in [-0.39, 0.29) is 0 Å². The zero-order valence-corrected chi connectivity index (χ0v) is 6.40. The van der Waals surface area contributed by atoms with Gasteiger partial charge >= 0.3 is 6.09 Å². The van der Waals surface area contributed by atoms with Gasteiger partial charge in [0, 0.05) is 0 Å². The van der Waals surface area contributed by atoms with Crippen molar-refractivity contribution >= 4 is 6.09 Å². The van der Waals surface area contributed by atoms with Crippen molar-refractivity contribution in [3.05, 3.63) is 18.7 Å². The molecule has 0 aliphatic heterocycles. The zero-order chi connectivity index (χ0) is 8.27. The quantitative estimate of drug-likeness (QED) is 0.639. The summed E-state index contributed by atoms with van der Waals surface area (Å²) in [5.74, 6) is 0. The van der Waals surface area contributed by atoms with E-state index in [1.807, 2.05) is 11.5 Å². The molecule has 0 aromatic carbocycles. The summed E-state index contributed by atoms with van der Waals surface area (Å²) in [6, 6.07) is 0. The minimum atomic E-state index is -0.945. The van der Waals surface area contributed by atoms with E-state index in [9.17, 15) is 4.79 Å². The van der Waals surface area contributed by atoms with Crippen LogP contribution in [0.25, 0.3) is 0 Å². The lowest BCUT2D eigenvalue weighted by Crippen LogP contribution is -2.30. The summed E-state index contributed by atoms with van der Waals surface area (Å²) >= 11 is 0. The van der Waals surface area contributed by atoms with E-state index in [1.54, 1.807) is 12.5 Å². The molecule has 0 bridgehead atoms. The molecule has 0 aliphatic carbocycles. The summed E-state index contributed by atoms with van der Waals surface area (Å²) in [7, 11) is 0. The van der Waals surface area contributed by atoms with Gasteiger partial charge in [-0.2, -0.15) is 4.79 Å². The number of carboxylic acid groups (broad SMARTS) is 1. The zero-order valence-electron chi connectivity index (χ0n) is 6.40. The van der Waals surface area contributed by atoms with E-state index in [2.05, 4.69) is 0 Å². The Balaban J connectivity index is 2.73. The third kappa shape index (κ3) is 1.80. The topological polar surface area (TPSA) is 46.1 Å². The second-order valence-electron chi connectivity index (χ2n) is 2.34. The van der Waals surface area contributed by atoms with E-state index in [4.69, 9.17) is 5.11 Å². The normalized spacial score (nSPS) is 9.91. The van der Waals surface area contributed by atoms with Crippen molar-refractivity contribution in [3.8, 4) is 0 Å². The molecule has 11 heavy (non-hydrogen) atoms. The highest BCUT2D eigenvalue weighted by Crippen LogP contribution is 1.84. The Bertz CT molecular complexity index is 255. The van der Waals surface area contributed by atoms with Crippen LogP contribution in [-0.4, -0.2) is 15.8 Å². The van der Waals surface area contributed by atoms with Crippen molar-refractivity contribution in [1.29, 1.82) is 0 Å². The number of aryl methyl sites for hydroxylation is 1.